The Kier molecular flexibility index (Phi) is 6.36. The second-order valence-electron chi connectivity index (χ2n) is 5.00. The molecule has 2 N–H and O–H groups in total. The Morgan fingerprint density at radius 3 is 2.61 bits per heavy atom. The second kappa shape index (κ2) is 7.54. The lowest BCUT2D eigenvalue weighted by Gasteiger charge is -2.26. The Labute approximate surface area is 111 Å². The maximum atomic E-state index is 5.61. The van der Waals surface area contributed by atoms with Crippen LogP contribution in [0.15, 0.2) is 6.07 Å². The standard InChI is InChI=1S/C14H28N4/c1-5-13-10-14(18(6-2)16-13)11-17(12(3)4)9-7-8-15/h10,12H,5-9,11,15H2,1-4H3. The number of aromatic nitrogens is 2. The summed E-state index contributed by atoms with van der Waals surface area (Å²) in [4.78, 5) is 2.47. The van der Waals surface area contributed by atoms with Crippen LogP contribution in [-0.4, -0.2) is 33.8 Å². The highest BCUT2D eigenvalue weighted by atomic mass is 15.3. The Balaban J connectivity index is 2.75. The van der Waals surface area contributed by atoms with Gasteiger partial charge in [-0.1, -0.05) is 6.92 Å². The Morgan fingerprint density at radius 2 is 2.11 bits per heavy atom. The zero-order valence-electron chi connectivity index (χ0n) is 12.3. The van der Waals surface area contributed by atoms with E-state index in [1.165, 1.54) is 11.4 Å². The third kappa shape index (κ3) is 4.10. The maximum Gasteiger partial charge on any atom is 0.0625 e. The number of aryl methyl sites for hydroxylation is 2. The number of hydrogen-bond acceptors (Lipinski definition) is 3. The van der Waals surface area contributed by atoms with Gasteiger partial charge in [0, 0.05) is 25.7 Å². The summed E-state index contributed by atoms with van der Waals surface area (Å²) in [6, 6.07) is 2.78. The molecule has 0 aliphatic rings. The summed E-state index contributed by atoms with van der Waals surface area (Å²) in [5.74, 6) is 0. The van der Waals surface area contributed by atoms with E-state index in [0.29, 0.717) is 6.04 Å². The van der Waals surface area contributed by atoms with Gasteiger partial charge in [0.2, 0.25) is 0 Å². The molecule has 0 saturated carbocycles. The zero-order valence-corrected chi connectivity index (χ0v) is 12.3. The molecule has 0 aliphatic heterocycles. The number of nitrogens with zero attached hydrogens (tertiary/aromatic N) is 3. The van der Waals surface area contributed by atoms with Gasteiger partial charge >= 0.3 is 0 Å². The van der Waals surface area contributed by atoms with Crippen LogP contribution in [-0.2, 0) is 19.5 Å². The van der Waals surface area contributed by atoms with E-state index in [2.05, 4.69) is 48.4 Å². The SMILES string of the molecule is CCc1cc(CN(CCCN)C(C)C)n(CC)n1. The number of rotatable bonds is 8. The van der Waals surface area contributed by atoms with Gasteiger partial charge in [-0.3, -0.25) is 9.58 Å². The van der Waals surface area contributed by atoms with Crippen molar-refractivity contribution in [3.8, 4) is 0 Å². The molecule has 0 saturated heterocycles. The van der Waals surface area contributed by atoms with Crippen molar-refractivity contribution in [2.24, 2.45) is 5.73 Å². The predicted octanol–water partition coefficient (Wildman–Crippen LogP) is 2.02. The molecule has 4 heteroatoms. The van der Waals surface area contributed by atoms with Crippen LogP contribution in [0.5, 0.6) is 0 Å². The molecule has 0 atom stereocenters. The van der Waals surface area contributed by atoms with E-state index in [1.807, 2.05) is 0 Å². The topological polar surface area (TPSA) is 47.1 Å². The highest BCUT2D eigenvalue weighted by molar-refractivity contribution is 5.10. The Morgan fingerprint density at radius 1 is 1.39 bits per heavy atom. The first-order chi connectivity index (χ1) is 8.62. The highest BCUT2D eigenvalue weighted by Gasteiger charge is 2.13. The molecule has 0 aromatic carbocycles. The Bertz CT molecular complexity index is 344. The van der Waals surface area contributed by atoms with Gasteiger partial charge in [0.05, 0.1) is 11.4 Å². The van der Waals surface area contributed by atoms with Crippen molar-refractivity contribution in [1.29, 1.82) is 0 Å². The molecule has 0 amide bonds. The first-order valence-corrected chi connectivity index (χ1v) is 7.12. The molecule has 0 radical (unpaired) electrons. The van der Waals surface area contributed by atoms with Crippen LogP contribution >= 0.6 is 0 Å². The minimum absolute atomic E-state index is 0.543. The summed E-state index contributed by atoms with van der Waals surface area (Å²) in [6.07, 6.45) is 2.06. The summed E-state index contributed by atoms with van der Waals surface area (Å²) >= 11 is 0. The molecule has 0 bridgehead atoms. The third-order valence-corrected chi connectivity index (χ3v) is 3.32. The first kappa shape index (κ1) is 15.2. The highest BCUT2D eigenvalue weighted by Crippen LogP contribution is 2.11. The smallest absolute Gasteiger partial charge is 0.0625 e. The molecule has 1 heterocycles. The lowest BCUT2D eigenvalue weighted by Crippen LogP contribution is -2.33. The van der Waals surface area contributed by atoms with Gasteiger partial charge in [-0.05, 0) is 46.2 Å². The van der Waals surface area contributed by atoms with Gasteiger partial charge in [0.15, 0.2) is 0 Å². The summed E-state index contributed by atoms with van der Waals surface area (Å²) in [5.41, 5.74) is 8.12. The fraction of sp³-hybridized carbons (Fsp3) is 0.786. The molecule has 0 spiro atoms. The van der Waals surface area contributed by atoms with E-state index in [1.54, 1.807) is 0 Å². The van der Waals surface area contributed by atoms with Crippen LogP contribution in [0.4, 0.5) is 0 Å². The van der Waals surface area contributed by atoms with Crippen LogP contribution in [0.25, 0.3) is 0 Å². The average molecular weight is 252 g/mol. The van der Waals surface area contributed by atoms with Crippen LogP contribution in [0, 0.1) is 0 Å². The largest absolute Gasteiger partial charge is 0.330 e. The second-order valence-corrected chi connectivity index (χ2v) is 5.00. The first-order valence-electron chi connectivity index (χ1n) is 7.12. The van der Waals surface area contributed by atoms with E-state index in [4.69, 9.17) is 5.73 Å². The lowest BCUT2D eigenvalue weighted by molar-refractivity contribution is 0.205. The van der Waals surface area contributed by atoms with Crippen LogP contribution in [0.2, 0.25) is 0 Å². The van der Waals surface area contributed by atoms with Crippen molar-refractivity contribution in [2.45, 2.75) is 59.7 Å². The molecule has 18 heavy (non-hydrogen) atoms. The molecule has 104 valence electrons. The molecule has 0 unspecified atom stereocenters. The average Bonchev–Trinajstić information content (AvgIpc) is 2.76. The van der Waals surface area contributed by atoms with Gasteiger partial charge in [-0.15, -0.1) is 0 Å². The predicted molar refractivity (Wildman–Crippen MR) is 76.5 cm³/mol. The van der Waals surface area contributed by atoms with Crippen LogP contribution in [0.3, 0.4) is 0 Å². The van der Waals surface area contributed by atoms with Gasteiger partial charge in [0.1, 0.15) is 0 Å². The van der Waals surface area contributed by atoms with Crippen molar-refractivity contribution in [3.05, 3.63) is 17.5 Å². The molecular formula is C14H28N4. The van der Waals surface area contributed by atoms with Gasteiger partial charge < -0.3 is 5.73 Å². The van der Waals surface area contributed by atoms with Crippen LogP contribution < -0.4 is 5.73 Å². The minimum Gasteiger partial charge on any atom is -0.330 e. The van der Waals surface area contributed by atoms with Crippen LogP contribution in [0.1, 0.15) is 45.5 Å². The normalized spacial score (nSPS) is 11.7. The summed E-state index contributed by atoms with van der Waals surface area (Å²) in [6.45, 7) is 12.5. The van der Waals surface area contributed by atoms with E-state index in [9.17, 15) is 0 Å². The fourth-order valence-electron chi connectivity index (χ4n) is 2.11. The molecule has 1 aromatic heterocycles. The lowest BCUT2D eigenvalue weighted by atomic mass is 10.2. The molecule has 0 fully saturated rings. The van der Waals surface area contributed by atoms with Crippen molar-refractivity contribution < 1.29 is 0 Å². The summed E-state index contributed by atoms with van der Waals surface area (Å²) in [7, 11) is 0. The molecule has 1 aromatic rings. The quantitative estimate of drug-likeness (QED) is 0.770. The van der Waals surface area contributed by atoms with Crippen molar-refractivity contribution >= 4 is 0 Å². The molecule has 1 rings (SSSR count). The van der Waals surface area contributed by atoms with Crippen molar-refractivity contribution in [2.75, 3.05) is 13.1 Å². The maximum absolute atomic E-state index is 5.61. The summed E-state index contributed by atoms with van der Waals surface area (Å²) in [5, 5.41) is 4.61. The molecule has 0 aliphatic carbocycles. The van der Waals surface area contributed by atoms with Gasteiger partial charge in [0.25, 0.3) is 0 Å². The third-order valence-electron chi connectivity index (χ3n) is 3.32. The van der Waals surface area contributed by atoms with E-state index in [0.717, 1.165) is 39.0 Å². The van der Waals surface area contributed by atoms with Crippen molar-refractivity contribution in [1.82, 2.24) is 14.7 Å². The monoisotopic (exact) mass is 252 g/mol. The number of nitrogens with two attached hydrogens (primary N) is 1. The number of hydrogen-bond donors (Lipinski definition) is 1. The summed E-state index contributed by atoms with van der Waals surface area (Å²) < 4.78 is 2.12. The van der Waals surface area contributed by atoms with E-state index < -0.39 is 0 Å². The molecular weight excluding hydrogens is 224 g/mol. The van der Waals surface area contributed by atoms with Gasteiger partial charge in [-0.2, -0.15) is 5.10 Å². The minimum atomic E-state index is 0.543. The van der Waals surface area contributed by atoms with Gasteiger partial charge in [-0.25, -0.2) is 0 Å². The van der Waals surface area contributed by atoms with Crippen molar-refractivity contribution in [3.63, 3.8) is 0 Å². The zero-order chi connectivity index (χ0) is 13.5. The molecule has 4 nitrogen and oxygen atoms in total. The van der Waals surface area contributed by atoms with E-state index in [-0.39, 0.29) is 0 Å². The Hall–Kier alpha value is -0.870. The van der Waals surface area contributed by atoms with E-state index >= 15 is 0 Å². The fourth-order valence-corrected chi connectivity index (χ4v) is 2.11.